The molecule has 10 nitrogen and oxygen atoms in total. The molecule has 0 amide bonds. The van der Waals surface area contributed by atoms with Crippen molar-refractivity contribution in [2.24, 2.45) is 10.7 Å². The van der Waals surface area contributed by atoms with Crippen molar-refractivity contribution in [3.63, 3.8) is 0 Å². The first-order chi connectivity index (χ1) is 20.5. The number of rotatable bonds is 9. The molecule has 12 heteroatoms. The van der Waals surface area contributed by atoms with Gasteiger partial charge in [0.2, 0.25) is 5.95 Å². The first-order valence-electron chi connectivity index (χ1n) is 14.3. The van der Waals surface area contributed by atoms with Gasteiger partial charge in [0.25, 0.3) is 0 Å². The molecular weight excluding hydrogens is 629 g/mol. The number of benzene rings is 2. The molecule has 1 aliphatic heterocycles. The third kappa shape index (κ3) is 6.74. The molecule has 0 spiro atoms. The minimum absolute atomic E-state index is 0.0729. The smallest absolute Gasteiger partial charge is 0.229 e. The average molecular weight is 669 g/mol. The molecule has 0 bridgehead atoms. The molecule has 4 N–H and O–H groups in total. The summed E-state index contributed by atoms with van der Waals surface area (Å²) in [6.45, 7) is 9.18. The van der Waals surface area contributed by atoms with Gasteiger partial charge in [0, 0.05) is 66.9 Å². The van der Waals surface area contributed by atoms with E-state index in [0.29, 0.717) is 27.7 Å². The summed E-state index contributed by atoms with van der Waals surface area (Å²) in [5.74, 6) is 1.54. The zero-order valence-corrected chi connectivity index (χ0v) is 27.9. The van der Waals surface area contributed by atoms with E-state index in [2.05, 4.69) is 67.4 Å². The maximum Gasteiger partial charge on any atom is 0.229 e. The topological polar surface area (TPSA) is 127 Å². The lowest BCUT2D eigenvalue weighted by atomic mass is 9.88. The van der Waals surface area contributed by atoms with E-state index in [1.807, 2.05) is 12.1 Å². The Hall–Kier alpha value is -3.40. The van der Waals surface area contributed by atoms with Gasteiger partial charge in [-0.15, -0.1) is 0 Å². The number of aliphatic imine (C=N–C) groups is 1. The van der Waals surface area contributed by atoms with Gasteiger partial charge in [-0.25, -0.2) is 4.98 Å². The Morgan fingerprint density at radius 3 is 2.44 bits per heavy atom. The number of nitrogens with one attached hydrogen (secondary N) is 2. The van der Waals surface area contributed by atoms with Crippen molar-refractivity contribution in [1.82, 2.24) is 9.97 Å². The summed E-state index contributed by atoms with van der Waals surface area (Å²) in [6.07, 6.45) is 7.16. The first-order valence-corrected chi connectivity index (χ1v) is 17.6. The Kier molecular flexibility index (Phi) is 9.15. The molecule has 2 heterocycles. The number of fused-ring (bicyclic) bond motifs is 1. The number of hydrogen-bond donors (Lipinski definition) is 3. The second-order valence-corrected chi connectivity index (χ2v) is 15.4. The minimum Gasteiger partial charge on any atom is -0.494 e. The number of nitrogens with zero attached hydrogens (tertiary/aromatic N) is 4. The quantitative estimate of drug-likeness (QED) is 0.195. The monoisotopic (exact) mass is 667 g/mol. The van der Waals surface area contributed by atoms with Crippen LogP contribution in [-0.2, 0) is 22.1 Å². The van der Waals surface area contributed by atoms with Gasteiger partial charge in [-0.1, -0.05) is 0 Å². The third-order valence-corrected chi connectivity index (χ3v) is 9.75. The standard InChI is InChI=1S/C31H39BrN7O3P/c1-18-16-39(17-19(2)42-18)27-12-28(41-4)25(11-23(27)22(13-33)14-34-3)37-31-35-15-24(32)30(38-31)36-26-9-20-7-8-21(20)10-29(26)43(5,6)40/h9-15,18-19H,7-8,16-17,33H2,1-6H3,(H2,35,36,37,38). The molecule has 1 aromatic heterocycles. The number of hydrogen-bond acceptors (Lipinski definition) is 10. The maximum atomic E-state index is 13.2. The van der Waals surface area contributed by atoms with Crippen molar-refractivity contribution in [3.05, 3.63) is 57.8 Å². The van der Waals surface area contributed by atoms with Crippen LogP contribution in [0.1, 0.15) is 30.5 Å². The van der Waals surface area contributed by atoms with Crippen LogP contribution in [0, 0.1) is 0 Å². The van der Waals surface area contributed by atoms with E-state index in [4.69, 9.17) is 20.2 Å². The van der Waals surface area contributed by atoms with Crippen LogP contribution in [0.15, 0.2) is 46.1 Å². The van der Waals surface area contributed by atoms with E-state index in [0.717, 1.165) is 53.7 Å². The zero-order valence-electron chi connectivity index (χ0n) is 25.4. The first kappa shape index (κ1) is 31.0. The zero-order chi connectivity index (χ0) is 30.9. The van der Waals surface area contributed by atoms with Gasteiger partial charge in [0.1, 0.15) is 18.7 Å². The Labute approximate surface area is 261 Å². The molecule has 2 atom stereocenters. The number of morpholine rings is 1. The lowest BCUT2D eigenvalue weighted by Gasteiger charge is -2.38. The van der Waals surface area contributed by atoms with Crippen LogP contribution >= 0.6 is 23.1 Å². The number of allylic oxidation sites excluding steroid dienone is 1. The van der Waals surface area contributed by atoms with E-state index in [1.165, 1.54) is 11.1 Å². The number of anilines is 5. The molecule has 1 fully saturated rings. The van der Waals surface area contributed by atoms with E-state index < -0.39 is 7.14 Å². The summed E-state index contributed by atoms with van der Waals surface area (Å²) in [5.41, 5.74) is 12.7. The number of halogens is 1. The molecule has 43 heavy (non-hydrogen) atoms. The summed E-state index contributed by atoms with van der Waals surface area (Å²) in [7, 11) is 0.817. The summed E-state index contributed by atoms with van der Waals surface area (Å²) >= 11 is 3.58. The second kappa shape index (κ2) is 12.7. The lowest BCUT2D eigenvalue weighted by molar-refractivity contribution is -0.00523. The molecule has 3 aromatic rings. The van der Waals surface area contributed by atoms with Crippen LogP contribution in [0.2, 0.25) is 0 Å². The van der Waals surface area contributed by atoms with Gasteiger partial charge in [-0.05, 0) is 85.3 Å². The van der Waals surface area contributed by atoms with Crippen molar-refractivity contribution in [2.45, 2.75) is 38.9 Å². The highest BCUT2D eigenvalue weighted by Gasteiger charge is 2.27. The Balaban J connectivity index is 1.53. The fourth-order valence-corrected chi connectivity index (χ4v) is 7.05. The third-order valence-electron chi connectivity index (χ3n) is 7.64. The maximum absolute atomic E-state index is 13.2. The summed E-state index contributed by atoms with van der Waals surface area (Å²) < 4.78 is 25.7. The van der Waals surface area contributed by atoms with Gasteiger partial charge in [-0.2, -0.15) is 4.98 Å². The molecule has 1 saturated heterocycles. The highest BCUT2D eigenvalue weighted by molar-refractivity contribution is 9.10. The summed E-state index contributed by atoms with van der Waals surface area (Å²) in [5, 5.41) is 7.58. The molecule has 228 valence electrons. The Morgan fingerprint density at radius 1 is 1.14 bits per heavy atom. The average Bonchev–Trinajstić information content (AvgIpc) is 2.93. The summed E-state index contributed by atoms with van der Waals surface area (Å²) in [6, 6.07) is 8.15. The Bertz CT molecular complexity index is 1630. The van der Waals surface area contributed by atoms with Crippen molar-refractivity contribution in [1.29, 1.82) is 0 Å². The van der Waals surface area contributed by atoms with E-state index in [-0.39, 0.29) is 12.2 Å². The predicted octanol–water partition coefficient (Wildman–Crippen LogP) is 5.70. The summed E-state index contributed by atoms with van der Waals surface area (Å²) in [4.78, 5) is 15.8. The number of aromatic nitrogens is 2. The van der Waals surface area contributed by atoms with Crippen LogP contribution in [0.25, 0.3) is 5.57 Å². The van der Waals surface area contributed by atoms with Crippen molar-refractivity contribution in [2.75, 3.05) is 56.1 Å². The molecule has 0 saturated carbocycles. The van der Waals surface area contributed by atoms with Crippen LogP contribution < -0.4 is 31.3 Å². The van der Waals surface area contributed by atoms with Crippen LogP contribution in [0.5, 0.6) is 5.75 Å². The normalized spacial score (nSPS) is 18.8. The number of nitrogens with two attached hydrogens (primary N) is 1. The molecule has 1 aliphatic carbocycles. The molecule has 5 rings (SSSR count). The fraction of sp³-hybridized carbons (Fsp3) is 0.387. The van der Waals surface area contributed by atoms with Crippen molar-refractivity contribution >= 4 is 69.0 Å². The molecule has 2 aliphatic rings. The van der Waals surface area contributed by atoms with E-state index in [1.54, 1.807) is 46.1 Å². The van der Waals surface area contributed by atoms with Gasteiger partial charge < -0.3 is 35.3 Å². The SMILES string of the molecule is CN=CC(=CN)c1cc(Nc2ncc(Br)c(Nc3cc4c(cc3P(C)(C)=O)CC4)n2)c(OC)cc1N1CC(C)OC(C)C1. The van der Waals surface area contributed by atoms with Crippen LogP contribution in [0.3, 0.4) is 0 Å². The molecule has 2 aromatic carbocycles. The predicted molar refractivity (Wildman–Crippen MR) is 181 cm³/mol. The highest BCUT2D eigenvalue weighted by atomic mass is 79.9. The van der Waals surface area contributed by atoms with Crippen molar-refractivity contribution in [3.8, 4) is 5.75 Å². The van der Waals surface area contributed by atoms with Crippen LogP contribution in [0.4, 0.5) is 28.8 Å². The van der Waals surface area contributed by atoms with E-state index in [9.17, 15) is 4.57 Å². The number of methoxy groups -OCH3 is 1. The molecule has 0 radical (unpaired) electrons. The number of ether oxygens (including phenoxy) is 2. The molecule has 2 unspecified atom stereocenters. The fourth-order valence-electron chi connectivity index (χ4n) is 5.59. The largest absolute Gasteiger partial charge is 0.494 e. The van der Waals surface area contributed by atoms with Gasteiger partial charge in [0.15, 0.2) is 0 Å². The second-order valence-electron chi connectivity index (χ2n) is 11.4. The highest BCUT2D eigenvalue weighted by Crippen LogP contribution is 2.42. The van der Waals surface area contributed by atoms with Gasteiger partial charge in [0.05, 0.1) is 35.2 Å². The van der Waals surface area contributed by atoms with Gasteiger partial charge in [-0.3, -0.25) is 4.99 Å². The number of aryl methyl sites for hydroxylation is 2. The lowest BCUT2D eigenvalue weighted by Crippen LogP contribution is -2.45. The van der Waals surface area contributed by atoms with Crippen LogP contribution in [-0.4, -0.2) is 69.0 Å². The molecular formula is C31H39BrN7O3P. The van der Waals surface area contributed by atoms with E-state index >= 15 is 0 Å². The Morgan fingerprint density at radius 2 is 1.84 bits per heavy atom. The minimum atomic E-state index is -2.54. The van der Waals surface area contributed by atoms with Gasteiger partial charge >= 0.3 is 0 Å². The van der Waals surface area contributed by atoms with Crippen molar-refractivity contribution < 1.29 is 14.0 Å².